The van der Waals surface area contributed by atoms with Crippen molar-refractivity contribution in [2.75, 3.05) is 13.2 Å². The molecule has 1 aliphatic rings. The van der Waals surface area contributed by atoms with Crippen LogP contribution < -0.4 is 0 Å². The van der Waals surface area contributed by atoms with Crippen LogP contribution in [0.1, 0.15) is 17.3 Å². The van der Waals surface area contributed by atoms with Crippen LogP contribution in [-0.2, 0) is 9.47 Å². The van der Waals surface area contributed by atoms with Crippen molar-refractivity contribution in [3.8, 4) is 0 Å². The number of aliphatic hydroxyl groups excluding tert-OH is 2. The van der Waals surface area contributed by atoms with Crippen molar-refractivity contribution < 1.29 is 24.5 Å². The summed E-state index contributed by atoms with van der Waals surface area (Å²) in [5.41, 5.74) is -0.517. The Kier molecular flexibility index (Phi) is 4.47. The predicted octanol–water partition coefficient (Wildman–Crippen LogP) is 0.0963. The van der Waals surface area contributed by atoms with Crippen LogP contribution >= 0.6 is 0 Å². The Morgan fingerprint density at radius 3 is 2.70 bits per heavy atom. The van der Waals surface area contributed by atoms with E-state index in [4.69, 9.17) is 17.3 Å². The van der Waals surface area contributed by atoms with Crippen molar-refractivity contribution in [2.24, 2.45) is 5.41 Å². The lowest BCUT2D eigenvalue weighted by atomic mass is 9.76. The van der Waals surface area contributed by atoms with E-state index in [9.17, 15) is 15.0 Å². The molecule has 0 aromatic heterocycles. The van der Waals surface area contributed by atoms with E-state index in [1.807, 2.05) is 0 Å². The number of hydrogen-bond donors (Lipinski definition) is 2. The van der Waals surface area contributed by atoms with Gasteiger partial charge in [0.15, 0.2) is 0 Å². The van der Waals surface area contributed by atoms with Gasteiger partial charge in [0.25, 0.3) is 0 Å². The van der Waals surface area contributed by atoms with E-state index in [-0.39, 0.29) is 13.2 Å². The van der Waals surface area contributed by atoms with Crippen LogP contribution in [-0.4, -0.2) is 55.5 Å². The van der Waals surface area contributed by atoms with Gasteiger partial charge in [-0.1, -0.05) is 25.1 Å². The van der Waals surface area contributed by atoms with Crippen LogP contribution in [0.4, 0.5) is 0 Å². The number of hydrogen-bond acceptors (Lipinski definition) is 5. The maximum absolute atomic E-state index is 11.8. The zero-order valence-electron chi connectivity index (χ0n) is 11.2. The highest BCUT2D eigenvalue weighted by atomic mass is 16.6. The smallest absolute Gasteiger partial charge is 0.338 e. The average Bonchev–Trinajstić information content (AvgIpc) is 2.70. The molecule has 20 heavy (non-hydrogen) atoms. The van der Waals surface area contributed by atoms with Gasteiger partial charge in [-0.05, 0) is 12.1 Å². The molecule has 0 spiro atoms. The molecule has 1 saturated heterocycles. The minimum absolute atomic E-state index is 0.0739. The molecular weight excluding hydrogens is 259 g/mol. The fraction of sp³-hybridized carbons (Fsp3) is 0.500. The van der Waals surface area contributed by atoms with Crippen LogP contribution in [0.15, 0.2) is 30.3 Å². The third-order valence-electron chi connectivity index (χ3n) is 3.76. The van der Waals surface area contributed by atoms with Crippen LogP contribution in [0.25, 0.3) is 0 Å². The summed E-state index contributed by atoms with van der Waals surface area (Å²) in [5, 5.41) is 19.3. The number of benzene rings is 1. The first-order valence-electron chi connectivity index (χ1n) is 6.41. The average molecular weight is 276 g/mol. The highest BCUT2D eigenvalue weighted by molar-refractivity contribution is 6.11. The van der Waals surface area contributed by atoms with Gasteiger partial charge >= 0.3 is 5.97 Å². The molecule has 1 heterocycles. The van der Waals surface area contributed by atoms with Gasteiger partial charge < -0.3 is 19.7 Å². The Hall–Kier alpha value is -1.37. The summed E-state index contributed by atoms with van der Waals surface area (Å²) in [6.07, 6.45) is -1.65. The molecule has 0 aliphatic carbocycles. The number of esters is 1. The largest absolute Gasteiger partial charge is 0.459 e. The van der Waals surface area contributed by atoms with Gasteiger partial charge in [0, 0.05) is 11.4 Å². The Morgan fingerprint density at radius 2 is 2.10 bits per heavy atom. The zero-order valence-corrected chi connectivity index (χ0v) is 11.2. The lowest BCUT2D eigenvalue weighted by Crippen LogP contribution is -2.43. The number of carbonyl (C=O) groups is 1. The molecule has 1 aromatic carbocycles. The van der Waals surface area contributed by atoms with E-state index in [2.05, 4.69) is 0 Å². The lowest BCUT2D eigenvalue weighted by molar-refractivity contribution is -0.0399. The summed E-state index contributed by atoms with van der Waals surface area (Å²) in [5.74, 6) is -0.482. The van der Waals surface area contributed by atoms with Crippen molar-refractivity contribution in [1.82, 2.24) is 0 Å². The summed E-state index contributed by atoms with van der Waals surface area (Å²) in [7, 11) is 5.61. The van der Waals surface area contributed by atoms with E-state index in [1.165, 1.54) is 0 Å². The number of rotatable bonds is 4. The number of carbonyl (C=O) groups excluding carboxylic acids is 1. The Morgan fingerprint density at radius 1 is 1.45 bits per heavy atom. The van der Waals surface area contributed by atoms with Crippen molar-refractivity contribution >= 4 is 13.8 Å². The van der Waals surface area contributed by atoms with Crippen molar-refractivity contribution in [3.63, 3.8) is 0 Å². The van der Waals surface area contributed by atoms with Crippen molar-refractivity contribution in [1.29, 1.82) is 0 Å². The first-order chi connectivity index (χ1) is 9.49. The van der Waals surface area contributed by atoms with Crippen LogP contribution in [0.5, 0.6) is 0 Å². The predicted molar refractivity (Wildman–Crippen MR) is 72.3 cm³/mol. The molecule has 2 radical (unpaired) electrons. The van der Waals surface area contributed by atoms with Crippen LogP contribution in [0, 0.1) is 5.41 Å². The third kappa shape index (κ3) is 2.72. The number of aliphatic hydroxyl groups is 2. The molecule has 0 bridgehead atoms. The minimum Gasteiger partial charge on any atom is -0.459 e. The number of ether oxygens (including phenoxy) is 2. The molecule has 0 saturated carbocycles. The molecule has 0 amide bonds. The fourth-order valence-electron chi connectivity index (χ4n) is 2.22. The maximum atomic E-state index is 11.8. The summed E-state index contributed by atoms with van der Waals surface area (Å²) >= 11 is 0. The molecule has 1 aromatic rings. The molecule has 6 heteroatoms. The highest BCUT2D eigenvalue weighted by Gasteiger charge is 2.51. The molecule has 1 aliphatic heterocycles. The minimum atomic E-state index is -1.01. The SMILES string of the molecule is [B]C1OC(COC(=O)c2ccccc2)[C@](C)(CO)[C@H]1O. The molecule has 106 valence electrons. The standard InChI is InChI=1S/C14H17BO5/c1-14(8-16)10(20-12(15)11(14)17)7-19-13(18)9-5-3-2-4-6-9/h2-6,10-12,16-17H,7-8H2,1H3/t10?,11-,12?,14-/m0/s1. The normalized spacial score (nSPS) is 33.0. The quantitative estimate of drug-likeness (QED) is 0.602. The summed E-state index contributed by atoms with van der Waals surface area (Å²) in [6, 6.07) is 7.66. The van der Waals surface area contributed by atoms with Gasteiger partial charge in [0.1, 0.15) is 20.6 Å². The van der Waals surface area contributed by atoms with E-state index >= 15 is 0 Å². The van der Waals surface area contributed by atoms with Gasteiger partial charge in [0.2, 0.25) is 0 Å². The molecule has 4 atom stereocenters. The molecular formula is C14H17BO5. The Balaban J connectivity index is 1.99. The summed E-state index contributed by atoms with van der Waals surface area (Å²) in [6.45, 7) is 1.26. The van der Waals surface area contributed by atoms with Gasteiger partial charge in [0.05, 0.1) is 18.3 Å². The second kappa shape index (κ2) is 5.95. The first-order valence-corrected chi connectivity index (χ1v) is 6.41. The lowest BCUT2D eigenvalue weighted by Gasteiger charge is -2.30. The van der Waals surface area contributed by atoms with E-state index < -0.39 is 29.6 Å². The van der Waals surface area contributed by atoms with Crippen LogP contribution in [0.2, 0.25) is 0 Å². The molecule has 2 rings (SSSR count). The Bertz CT molecular complexity index is 466. The second-order valence-corrected chi connectivity index (χ2v) is 5.16. The van der Waals surface area contributed by atoms with E-state index in [1.54, 1.807) is 37.3 Å². The highest BCUT2D eigenvalue weighted by Crippen LogP contribution is 2.37. The molecule has 5 nitrogen and oxygen atoms in total. The first kappa shape index (κ1) is 15.0. The van der Waals surface area contributed by atoms with Gasteiger partial charge in [-0.3, -0.25) is 0 Å². The molecule has 1 fully saturated rings. The topological polar surface area (TPSA) is 76.0 Å². The molecule has 2 N–H and O–H groups in total. The van der Waals surface area contributed by atoms with Gasteiger partial charge in [-0.15, -0.1) is 0 Å². The fourth-order valence-corrected chi connectivity index (χ4v) is 2.22. The zero-order chi connectivity index (χ0) is 14.8. The van der Waals surface area contributed by atoms with Gasteiger partial charge in [-0.2, -0.15) is 0 Å². The third-order valence-corrected chi connectivity index (χ3v) is 3.76. The monoisotopic (exact) mass is 276 g/mol. The van der Waals surface area contributed by atoms with Crippen LogP contribution in [0.3, 0.4) is 0 Å². The summed E-state index contributed by atoms with van der Waals surface area (Å²) in [4.78, 5) is 11.8. The van der Waals surface area contributed by atoms with E-state index in [0.717, 1.165) is 0 Å². The second-order valence-electron chi connectivity index (χ2n) is 5.16. The summed E-state index contributed by atoms with van der Waals surface area (Å²) < 4.78 is 10.5. The Labute approximate surface area is 118 Å². The van der Waals surface area contributed by atoms with E-state index in [0.29, 0.717) is 5.56 Å². The maximum Gasteiger partial charge on any atom is 0.338 e. The van der Waals surface area contributed by atoms with Crippen molar-refractivity contribution in [2.45, 2.75) is 25.1 Å². The van der Waals surface area contributed by atoms with Crippen molar-refractivity contribution in [3.05, 3.63) is 35.9 Å². The van der Waals surface area contributed by atoms with Gasteiger partial charge in [-0.25, -0.2) is 4.79 Å². The molecule has 2 unspecified atom stereocenters.